The van der Waals surface area contributed by atoms with Gasteiger partial charge in [0.05, 0.1) is 4.88 Å². The lowest BCUT2D eigenvalue weighted by Crippen LogP contribution is -2.39. The zero-order valence-electron chi connectivity index (χ0n) is 11.9. The fourth-order valence-corrected chi connectivity index (χ4v) is 3.71. The van der Waals surface area contributed by atoms with Crippen molar-refractivity contribution < 1.29 is 4.79 Å². The molecule has 2 atom stereocenters. The molecule has 1 aliphatic rings. The molecule has 1 saturated heterocycles. The molecule has 0 aliphatic carbocycles. The Hall–Kier alpha value is -0.910. The van der Waals surface area contributed by atoms with Crippen molar-refractivity contribution in [2.45, 2.75) is 46.2 Å². The summed E-state index contributed by atoms with van der Waals surface area (Å²) in [6.45, 7) is 8.78. The Balaban J connectivity index is 2.06. The molecule has 0 bridgehead atoms. The second kappa shape index (κ2) is 6.03. The van der Waals surface area contributed by atoms with Crippen molar-refractivity contribution in [3.63, 3.8) is 0 Å². The molecule has 0 radical (unpaired) electrons. The maximum absolute atomic E-state index is 11.5. The van der Waals surface area contributed by atoms with Crippen molar-refractivity contribution >= 4 is 17.2 Å². The summed E-state index contributed by atoms with van der Waals surface area (Å²) < 4.78 is 0. The normalized spacial score (nSPS) is 24.4. The molecule has 2 heterocycles. The predicted octanol–water partition coefficient (Wildman–Crippen LogP) is 2.28. The number of rotatable bonds is 3. The molecule has 19 heavy (non-hydrogen) atoms. The Labute approximate surface area is 118 Å². The van der Waals surface area contributed by atoms with E-state index in [1.54, 1.807) is 0 Å². The van der Waals surface area contributed by atoms with E-state index in [1.807, 2.05) is 6.07 Å². The van der Waals surface area contributed by atoms with Gasteiger partial charge in [-0.25, -0.2) is 5.84 Å². The molecule has 1 fully saturated rings. The number of thiophene rings is 1. The molecule has 3 N–H and O–H groups in total. The summed E-state index contributed by atoms with van der Waals surface area (Å²) in [7, 11) is 0. The zero-order chi connectivity index (χ0) is 14.0. The van der Waals surface area contributed by atoms with Crippen LogP contribution in [0.5, 0.6) is 0 Å². The van der Waals surface area contributed by atoms with Gasteiger partial charge in [-0.15, -0.1) is 11.3 Å². The van der Waals surface area contributed by atoms with Crippen molar-refractivity contribution in [2.24, 2.45) is 11.8 Å². The SMILES string of the molecule is Cc1sc(C(=O)NN)cc1CN1CCC(C)CC1C. The highest BCUT2D eigenvalue weighted by Crippen LogP contribution is 2.27. The molecule has 2 rings (SSSR count). The molecule has 1 aromatic rings. The van der Waals surface area contributed by atoms with Gasteiger partial charge in [0.15, 0.2) is 0 Å². The van der Waals surface area contributed by atoms with Crippen molar-refractivity contribution in [3.8, 4) is 0 Å². The number of hydrogen-bond donors (Lipinski definition) is 2. The van der Waals surface area contributed by atoms with E-state index in [-0.39, 0.29) is 5.91 Å². The summed E-state index contributed by atoms with van der Waals surface area (Å²) in [5.41, 5.74) is 3.45. The van der Waals surface area contributed by atoms with Crippen LogP contribution in [0.1, 0.15) is 46.8 Å². The van der Waals surface area contributed by atoms with Gasteiger partial charge in [0.25, 0.3) is 5.91 Å². The Kier molecular flexibility index (Phi) is 4.60. The number of amides is 1. The summed E-state index contributed by atoms with van der Waals surface area (Å²) in [5, 5.41) is 0. The number of carbonyl (C=O) groups excluding carboxylic acids is 1. The Morgan fingerprint density at radius 3 is 2.95 bits per heavy atom. The minimum Gasteiger partial charge on any atom is -0.296 e. The van der Waals surface area contributed by atoms with Crippen molar-refractivity contribution in [3.05, 3.63) is 21.4 Å². The third-order valence-corrected chi connectivity index (χ3v) is 5.12. The largest absolute Gasteiger partial charge is 0.296 e. The number of hydrogen-bond acceptors (Lipinski definition) is 4. The topological polar surface area (TPSA) is 58.4 Å². The lowest BCUT2D eigenvalue weighted by Gasteiger charge is -2.36. The minimum atomic E-state index is -0.195. The van der Waals surface area contributed by atoms with Gasteiger partial charge < -0.3 is 0 Å². The van der Waals surface area contributed by atoms with Crippen LogP contribution in [0, 0.1) is 12.8 Å². The molecule has 0 saturated carbocycles. The fraction of sp³-hybridized carbons (Fsp3) is 0.643. The average molecular weight is 281 g/mol. The van der Waals surface area contributed by atoms with Crippen LogP contribution in [0.3, 0.4) is 0 Å². The van der Waals surface area contributed by atoms with Crippen LogP contribution < -0.4 is 11.3 Å². The number of likely N-dealkylation sites (tertiary alicyclic amines) is 1. The first kappa shape index (κ1) is 14.5. The lowest BCUT2D eigenvalue weighted by atomic mass is 9.93. The summed E-state index contributed by atoms with van der Waals surface area (Å²) in [4.78, 5) is 16.0. The van der Waals surface area contributed by atoms with E-state index in [2.05, 4.69) is 31.1 Å². The van der Waals surface area contributed by atoms with Gasteiger partial charge in [0.1, 0.15) is 0 Å². The number of nitrogens with two attached hydrogens (primary N) is 1. The first-order chi connectivity index (χ1) is 9.01. The van der Waals surface area contributed by atoms with Crippen LogP contribution in [0.15, 0.2) is 6.07 Å². The maximum atomic E-state index is 11.5. The van der Waals surface area contributed by atoms with Crippen molar-refractivity contribution in [1.82, 2.24) is 10.3 Å². The Morgan fingerprint density at radius 2 is 2.32 bits per heavy atom. The van der Waals surface area contributed by atoms with Gasteiger partial charge in [0, 0.05) is 17.5 Å². The van der Waals surface area contributed by atoms with Crippen LogP contribution in [-0.4, -0.2) is 23.4 Å². The van der Waals surface area contributed by atoms with Gasteiger partial charge in [-0.05, 0) is 50.8 Å². The van der Waals surface area contributed by atoms with Gasteiger partial charge >= 0.3 is 0 Å². The molecule has 4 nitrogen and oxygen atoms in total. The monoisotopic (exact) mass is 281 g/mol. The molecule has 5 heteroatoms. The molecule has 1 aliphatic heterocycles. The van der Waals surface area contributed by atoms with Gasteiger partial charge in [-0.3, -0.25) is 15.1 Å². The molecule has 106 valence electrons. The molecule has 2 unspecified atom stereocenters. The summed E-state index contributed by atoms with van der Waals surface area (Å²) in [6.07, 6.45) is 2.53. The Bertz CT molecular complexity index is 458. The predicted molar refractivity (Wildman–Crippen MR) is 79.0 cm³/mol. The van der Waals surface area contributed by atoms with E-state index in [4.69, 9.17) is 5.84 Å². The standard InChI is InChI=1S/C14H23N3OS/c1-9-4-5-17(10(2)6-9)8-12-7-13(14(18)16-15)19-11(12)3/h7,9-10H,4-6,8,15H2,1-3H3,(H,16,18). The molecule has 1 amide bonds. The number of nitrogen functional groups attached to an aromatic ring is 1. The summed E-state index contributed by atoms with van der Waals surface area (Å²) in [5.74, 6) is 5.81. The second-order valence-corrected chi connectivity index (χ2v) is 6.87. The summed E-state index contributed by atoms with van der Waals surface area (Å²) >= 11 is 1.52. The maximum Gasteiger partial charge on any atom is 0.275 e. The lowest BCUT2D eigenvalue weighted by molar-refractivity contribution is 0.0957. The average Bonchev–Trinajstić information content (AvgIpc) is 2.73. The van der Waals surface area contributed by atoms with Crippen molar-refractivity contribution in [1.29, 1.82) is 0 Å². The zero-order valence-corrected chi connectivity index (χ0v) is 12.7. The molecular formula is C14H23N3OS. The van der Waals surface area contributed by atoms with Crippen LogP contribution in [0.2, 0.25) is 0 Å². The van der Waals surface area contributed by atoms with Gasteiger partial charge in [-0.1, -0.05) is 6.92 Å². The highest BCUT2D eigenvalue weighted by Gasteiger charge is 2.24. The Morgan fingerprint density at radius 1 is 1.58 bits per heavy atom. The number of carbonyl (C=O) groups is 1. The highest BCUT2D eigenvalue weighted by atomic mass is 32.1. The van der Waals surface area contributed by atoms with Crippen LogP contribution >= 0.6 is 11.3 Å². The molecule has 1 aromatic heterocycles. The highest BCUT2D eigenvalue weighted by molar-refractivity contribution is 7.14. The van der Waals surface area contributed by atoms with E-state index in [1.165, 1.54) is 34.6 Å². The third kappa shape index (κ3) is 3.35. The molecule has 0 aromatic carbocycles. The number of nitrogens with one attached hydrogen (secondary N) is 1. The summed E-state index contributed by atoms with van der Waals surface area (Å²) in [6, 6.07) is 2.60. The molecular weight excluding hydrogens is 258 g/mol. The number of aryl methyl sites for hydroxylation is 1. The number of nitrogens with zero attached hydrogens (tertiary/aromatic N) is 1. The first-order valence-electron chi connectivity index (χ1n) is 6.85. The van der Waals surface area contributed by atoms with E-state index in [0.29, 0.717) is 10.9 Å². The van der Waals surface area contributed by atoms with Crippen LogP contribution in [-0.2, 0) is 6.54 Å². The first-order valence-corrected chi connectivity index (χ1v) is 7.67. The molecule has 0 spiro atoms. The van der Waals surface area contributed by atoms with Crippen molar-refractivity contribution in [2.75, 3.05) is 6.54 Å². The van der Waals surface area contributed by atoms with Gasteiger partial charge in [0.2, 0.25) is 0 Å². The van der Waals surface area contributed by atoms with E-state index in [0.717, 1.165) is 19.0 Å². The van der Waals surface area contributed by atoms with E-state index >= 15 is 0 Å². The van der Waals surface area contributed by atoms with E-state index < -0.39 is 0 Å². The second-order valence-electron chi connectivity index (χ2n) is 5.61. The van der Waals surface area contributed by atoms with E-state index in [9.17, 15) is 4.79 Å². The third-order valence-electron chi connectivity index (χ3n) is 4.02. The van der Waals surface area contributed by atoms with Gasteiger partial charge in [-0.2, -0.15) is 0 Å². The van der Waals surface area contributed by atoms with Crippen LogP contribution in [0.25, 0.3) is 0 Å². The number of piperidine rings is 1. The smallest absolute Gasteiger partial charge is 0.275 e. The van der Waals surface area contributed by atoms with Crippen LogP contribution in [0.4, 0.5) is 0 Å². The quantitative estimate of drug-likeness (QED) is 0.508. The number of hydrazine groups is 1. The minimum absolute atomic E-state index is 0.195. The fourth-order valence-electron chi connectivity index (χ4n) is 2.77.